The van der Waals surface area contributed by atoms with E-state index in [1.54, 1.807) is 12.3 Å². The number of rotatable bonds is 0. The van der Waals surface area contributed by atoms with Crippen molar-refractivity contribution in [2.45, 2.75) is 12.5 Å². The fraction of sp³-hybridized carbons (Fsp3) is 0.143. The number of nitrogens with zero attached hydrogens (tertiary/aromatic N) is 2. The van der Waals surface area contributed by atoms with Crippen molar-refractivity contribution in [2.24, 2.45) is 0 Å². The molecule has 19 heavy (non-hydrogen) atoms. The van der Waals surface area contributed by atoms with E-state index < -0.39 is 0 Å². The van der Waals surface area contributed by atoms with Gasteiger partial charge in [-0.25, -0.2) is 4.98 Å². The normalized spacial score (nSPS) is 19.5. The number of aromatic nitrogens is 1. The molecule has 0 spiro atoms. The van der Waals surface area contributed by atoms with Crippen molar-refractivity contribution in [2.75, 3.05) is 10.2 Å². The lowest BCUT2D eigenvalue weighted by Crippen LogP contribution is -2.43. The van der Waals surface area contributed by atoms with E-state index >= 15 is 0 Å². The van der Waals surface area contributed by atoms with Crippen molar-refractivity contribution in [3.05, 3.63) is 47.1 Å². The van der Waals surface area contributed by atoms with Crippen molar-refractivity contribution in [3.8, 4) is 0 Å². The smallest absolute Gasteiger partial charge is 0.247 e. The van der Waals surface area contributed by atoms with Crippen molar-refractivity contribution >= 4 is 34.7 Å². The number of pyridine rings is 1. The summed E-state index contributed by atoms with van der Waals surface area (Å²) in [6.07, 6.45) is 2.32. The zero-order valence-corrected chi connectivity index (χ0v) is 10.7. The van der Waals surface area contributed by atoms with Crippen LogP contribution in [0.5, 0.6) is 0 Å². The molecule has 1 aromatic heterocycles. The van der Waals surface area contributed by atoms with E-state index in [1.165, 1.54) is 5.56 Å². The van der Waals surface area contributed by atoms with Crippen LogP contribution in [0.1, 0.15) is 5.56 Å². The standard InChI is InChI=1S/C14H10ClN3O/c15-9-6-10-13(16-7-9)18-11-4-2-1-3-8(11)5-12(18)14(19)17-10/h1-4,6-7,12H,5H2,(H,17,19). The third-order valence-corrected chi connectivity index (χ3v) is 3.80. The lowest BCUT2D eigenvalue weighted by atomic mass is 10.1. The predicted octanol–water partition coefficient (Wildman–Crippen LogP) is 2.75. The van der Waals surface area contributed by atoms with Gasteiger partial charge in [0, 0.05) is 18.3 Å². The highest BCUT2D eigenvalue weighted by atomic mass is 35.5. The lowest BCUT2D eigenvalue weighted by Gasteiger charge is -2.32. The summed E-state index contributed by atoms with van der Waals surface area (Å²) in [5, 5.41) is 3.40. The number of hydrogen-bond acceptors (Lipinski definition) is 3. The van der Waals surface area contributed by atoms with Crippen LogP contribution in [0.4, 0.5) is 17.2 Å². The van der Waals surface area contributed by atoms with Gasteiger partial charge in [0.15, 0.2) is 5.82 Å². The van der Waals surface area contributed by atoms with Gasteiger partial charge < -0.3 is 10.2 Å². The van der Waals surface area contributed by atoms with E-state index in [4.69, 9.17) is 11.6 Å². The maximum Gasteiger partial charge on any atom is 0.247 e. The molecule has 0 saturated carbocycles. The maximum absolute atomic E-state index is 12.2. The molecule has 0 fully saturated rings. The van der Waals surface area contributed by atoms with E-state index in [0.717, 1.165) is 11.5 Å². The van der Waals surface area contributed by atoms with Gasteiger partial charge in [-0.2, -0.15) is 0 Å². The van der Waals surface area contributed by atoms with E-state index in [2.05, 4.69) is 16.4 Å². The van der Waals surface area contributed by atoms with E-state index in [-0.39, 0.29) is 11.9 Å². The summed E-state index contributed by atoms with van der Waals surface area (Å²) in [7, 11) is 0. The zero-order chi connectivity index (χ0) is 13.0. The number of hydrogen-bond donors (Lipinski definition) is 1. The number of amides is 1. The first-order valence-corrected chi connectivity index (χ1v) is 6.45. The second kappa shape index (κ2) is 3.71. The highest BCUT2D eigenvalue weighted by molar-refractivity contribution is 6.31. The molecule has 1 amide bonds. The monoisotopic (exact) mass is 271 g/mol. The highest BCUT2D eigenvalue weighted by Gasteiger charge is 2.40. The van der Waals surface area contributed by atoms with Crippen LogP contribution in [0.3, 0.4) is 0 Å². The topological polar surface area (TPSA) is 45.2 Å². The molecule has 3 heterocycles. The summed E-state index contributed by atoms with van der Waals surface area (Å²) in [6, 6.07) is 9.57. The minimum Gasteiger partial charge on any atom is -0.321 e. The summed E-state index contributed by atoms with van der Waals surface area (Å²) < 4.78 is 0. The van der Waals surface area contributed by atoms with Gasteiger partial charge in [0.2, 0.25) is 5.91 Å². The first-order chi connectivity index (χ1) is 9.24. The Morgan fingerprint density at radius 3 is 3.11 bits per heavy atom. The summed E-state index contributed by atoms with van der Waals surface area (Å²) in [6.45, 7) is 0. The van der Waals surface area contributed by atoms with E-state index in [9.17, 15) is 4.79 Å². The largest absolute Gasteiger partial charge is 0.321 e. The molecule has 0 saturated heterocycles. The Hall–Kier alpha value is -2.07. The van der Waals surface area contributed by atoms with Gasteiger partial charge in [-0.15, -0.1) is 0 Å². The van der Waals surface area contributed by atoms with Crippen LogP contribution in [-0.2, 0) is 11.2 Å². The summed E-state index contributed by atoms with van der Waals surface area (Å²) in [5.41, 5.74) is 2.90. The van der Waals surface area contributed by atoms with Crippen LogP contribution in [0.15, 0.2) is 36.5 Å². The number of fused-ring (bicyclic) bond motifs is 5. The van der Waals surface area contributed by atoms with Crippen molar-refractivity contribution in [1.29, 1.82) is 0 Å². The molecule has 1 N–H and O–H groups in total. The number of halogens is 1. The minimum atomic E-state index is -0.210. The Kier molecular flexibility index (Phi) is 2.11. The second-order valence-corrected chi connectivity index (χ2v) is 5.17. The molecule has 1 aromatic carbocycles. The molecule has 2 aliphatic heterocycles. The average Bonchev–Trinajstić information content (AvgIpc) is 2.79. The number of nitrogens with one attached hydrogen (secondary N) is 1. The number of carbonyl (C=O) groups excluding carboxylic acids is 1. The van der Waals surface area contributed by atoms with Gasteiger partial charge in [0.25, 0.3) is 0 Å². The summed E-state index contributed by atoms with van der Waals surface area (Å²) in [5.74, 6) is 0.756. The van der Waals surface area contributed by atoms with E-state index in [1.807, 2.05) is 23.1 Å². The van der Waals surface area contributed by atoms with Crippen LogP contribution in [0, 0.1) is 0 Å². The fourth-order valence-corrected chi connectivity index (χ4v) is 2.95. The van der Waals surface area contributed by atoms with Crippen molar-refractivity contribution in [1.82, 2.24) is 4.98 Å². The van der Waals surface area contributed by atoms with Crippen LogP contribution < -0.4 is 10.2 Å². The Morgan fingerprint density at radius 2 is 2.21 bits per heavy atom. The predicted molar refractivity (Wildman–Crippen MR) is 73.9 cm³/mol. The maximum atomic E-state index is 12.2. The summed E-state index contributed by atoms with van der Waals surface area (Å²) in [4.78, 5) is 18.6. The quantitative estimate of drug-likeness (QED) is 0.801. The van der Waals surface area contributed by atoms with Crippen molar-refractivity contribution in [3.63, 3.8) is 0 Å². The molecule has 94 valence electrons. The molecule has 0 aliphatic carbocycles. The van der Waals surface area contributed by atoms with Gasteiger partial charge in [-0.05, 0) is 17.7 Å². The number of para-hydroxylation sites is 1. The molecule has 2 aromatic rings. The molecule has 0 bridgehead atoms. The Bertz CT molecular complexity index is 701. The lowest BCUT2D eigenvalue weighted by molar-refractivity contribution is -0.117. The Morgan fingerprint density at radius 1 is 1.37 bits per heavy atom. The average molecular weight is 272 g/mol. The first kappa shape index (κ1) is 10.8. The third kappa shape index (κ3) is 1.47. The fourth-order valence-electron chi connectivity index (χ4n) is 2.79. The second-order valence-electron chi connectivity index (χ2n) is 4.73. The number of anilines is 3. The summed E-state index contributed by atoms with van der Waals surface area (Å²) >= 11 is 5.94. The Labute approximate surface area is 115 Å². The van der Waals surface area contributed by atoms with Gasteiger partial charge in [-0.3, -0.25) is 4.79 Å². The molecule has 4 nitrogen and oxygen atoms in total. The molecule has 1 atom stereocenters. The third-order valence-electron chi connectivity index (χ3n) is 3.60. The van der Waals surface area contributed by atoms with Crippen molar-refractivity contribution < 1.29 is 4.79 Å². The Balaban J connectivity index is 1.95. The molecule has 2 aliphatic rings. The number of benzene rings is 1. The van der Waals surface area contributed by atoms with Crippen LogP contribution in [-0.4, -0.2) is 16.9 Å². The SMILES string of the molecule is O=C1Nc2cc(Cl)cnc2N2c3ccccc3CC12. The molecule has 5 heteroatoms. The van der Waals surface area contributed by atoms with E-state index in [0.29, 0.717) is 17.1 Å². The molecule has 4 rings (SSSR count). The molecule has 1 unspecified atom stereocenters. The van der Waals surface area contributed by atoms with Gasteiger partial charge in [0.05, 0.1) is 10.7 Å². The molecular formula is C14H10ClN3O. The van der Waals surface area contributed by atoms with Gasteiger partial charge in [0.1, 0.15) is 6.04 Å². The minimum absolute atomic E-state index is 0.00670. The van der Waals surface area contributed by atoms with Crippen LogP contribution in [0.25, 0.3) is 0 Å². The van der Waals surface area contributed by atoms with Gasteiger partial charge >= 0.3 is 0 Å². The van der Waals surface area contributed by atoms with Gasteiger partial charge in [-0.1, -0.05) is 29.8 Å². The first-order valence-electron chi connectivity index (χ1n) is 6.07. The van der Waals surface area contributed by atoms with Crippen LogP contribution >= 0.6 is 11.6 Å². The number of carbonyl (C=O) groups is 1. The zero-order valence-electron chi connectivity index (χ0n) is 9.93. The van der Waals surface area contributed by atoms with Crippen LogP contribution in [0.2, 0.25) is 5.02 Å². The highest BCUT2D eigenvalue weighted by Crippen LogP contribution is 2.43. The molecule has 0 radical (unpaired) electrons. The molecular weight excluding hydrogens is 262 g/mol.